The summed E-state index contributed by atoms with van der Waals surface area (Å²) in [4.78, 5) is 18.0. The van der Waals surface area contributed by atoms with Crippen molar-refractivity contribution < 1.29 is 23.1 Å². The van der Waals surface area contributed by atoms with Gasteiger partial charge in [-0.25, -0.2) is 18.2 Å². The molecular weight excluding hydrogens is 382 g/mol. The van der Waals surface area contributed by atoms with Crippen LogP contribution in [-0.2, 0) is 10.0 Å². The van der Waals surface area contributed by atoms with Crippen molar-refractivity contribution in [2.45, 2.75) is 30.6 Å². The molecule has 3 rings (SSSR count). The van der Waals surface area contributed by atoms with E-state index in [1.54, 1.807) is 0 Å². The van der Waals surface area contributed by atoms with Gasteiger partial charge in [-0.15, -0.1) is 0 Å². The highest BCUT2D eigenvalue weighted by molar-refractivity contribution is 7.92. The maximum Gasteiger partial charge on any atom is 0.339 e. The number of hydrogen-bond donors (Lipinski definition) is 2. The zero-order valence-corrected chi connectivity index (χ0v) is 16.4. The predicted octanol–water partition coefficient (Wildman–Crippen LogP) is 2.97. The van der Waals surface area contributed by atoms with Crippen LogP contribution < -0.4 is 14.4 Å². The van der Waals surface area contributed by atoms with Gasteiger partial charge in [0.1, 0.15) is 17.1 Å². The Balaban J connectivity index is 1.87. The molecule has 28 heavy (non-hydrogen) atoms. The van der Waals surface area contributed by atoms with Crippen LogP contribution in [0.3, 0.4) is 0 Å². The summed E-state index contributed by atoms with van der Waals surface area (Å²) >= 11 is 0. The fourth-order valence-corrected chi connectivity index (χ4v) is 4.21. The molecule has 2 heterocycles. The lowest BCUT2D eigenvalue weighted by atomic mass is 10.2. The van der Waals surface area contributed by atoms with Crippen molar-refractivity contribution in [3.63, 3.8) is 0 Å². The van der Waals surface area contributed by atoms with E-state index >= 15 is 0 Å². The normalized spacial score (nSPS) is 15.0. The molecule has 0 aliphatic carbocycles. The van der Waals surface area contributed by atoms with Crippen LogP contribution in [0.15, 0.2) is 41.4 Å². The number of carboxylic acid groups (broad SMARTS) is 1. The minimum atomic E-state index is -3.88. The molecule has 2 aromatic rings. The fourth-order valence-electron chi connectivity index (χ4n) is 3.17. The van der Waals surface area contributed by atoms with E-state index in [-0.39, 0.29) is 16.1 Å². The lowest BCUT2D eigenvalue weighted by molar-refractivity contribution is 0.0697. The number of sulfonamides is 1. The Labute approximate surface area is 164 Å². The van der Waals surface area contributed by atoms with E-state index in [4.69, 9.17) is 4.74 Å². The third-order valence-corrected chi connectivity index (χ3v) is 6.02. The average Bonchev–Trinajstić information content (AvgIpc) is 2.97. The van der Waals surface area contributed by atoms with Crippen LogP contribution in [0.5, 0.6) is 5.75 Å². The molecule has 0 saturated carbocycles. The minimum Gasteiger partial charge on any atom is -0.497 e. The highest BCUT2D eigenvalue weighted by Gasteiger charge is 2.21. The Morgan fingerprint density at radius 1 is 1.14 bits per heavy atom. The summed E-state index contributed by atoms with van der Waals surface area (Å²) in [6, 6.07) is 7.23. The van der Waals surface area contributed by atoms with Crippen molar-refractivity contribution in [1.29, 1.82) is 0 Å². The summed E-state index contributed by atoms with van der Waals surface area (Å²) in [7, 11) is -2.38. The van der Waals surface area contributed by atoms with E-state index in [9.17, 15) is 18.3 Å². The standard InChI is InChI=1S/C19H23N3O5S/c1-27-15-6-8-16(9-7-15)28(25,26)21-14-12-17(19(23)24)18(20-13-14)22-10-4-2-3-5-11-22/h6-9,12-13,21H,2-5,10-11H2,1H3,(H,23,24). The molecule has 1 aromatic carbocycles. The second-order valence-corrected chi connectivity index (χ2v) is 8.27. The van der Waals surface area contributed by atoms with E-state index in [0.29, 0.717) is 11.6 Å². The molecule has 1 aliphatic rings. The minimum absolute atomic E-state index is 0.0168. The predicted molar refractivity (Wildman–Crippen MR) is 106 cm³/mol. The molecule has 1 aliphatic heterocycles. The van der Waals surface area contributed by atoms with E-state index < -0.39 is 16.0 Å². The lowest BCUT2D eigenvalue weighted by Gasteiger charge is -2.23. The molecule has 0 spiro atoms. The Morgan fingerprint density at radius 2 is 1.79 bits per heavy atom. The van der Waals surface area contributed by atoms with Crippen LogP contribution in [-0.4, -0.2) is 44.7 Å². The van der Waals surface area contributed by atoms with Crippen molar-refractivity contribution in [1.82, 2.24) is 4.98 Å². The first-order valence-corrected chi connectivity index (χ1v) is 10.5. The number of ether oxygens (including phenoxy) is 1. The van der Waals surface area contributed by atoms with E-state index in [1.165, 1.54) is 43.6 Å². The van der Waals surface area contributed by atoms with E-state index in [2.05, 4.69) is 9.71 Å². The second kappa shape index (κ2) is 8.47. The van der Waals surface area contributed by atoms with Gasteiger partial charge in [0, 0.05) is 13.1 Å². The number of anilines is 2. The number of aromatic carboxylic acids is 1. The van der Waals surface area contributed by atoms with Crippen LogP contribution >= 0.6 is 0 Å². The molecule has 0 bridgehead atoms. The van der Waals surface area contributed by atoms with Crippen molar-refractivity contribution in [2.75, 3.05) is 29.8 Å². The third kappa shape index (κ3) is 4.53. The molecule has 1 fully saturated rings. The number of rotatable bonds is 6. The first kappa shape index (κ1) is 19.9. The highest BCUT2D eigenvalue weighted by Crippen LogP contribution is 2.26. The van der Waals surface area contributed by atoms with Gasteiger partial charge in [0.15, 0.2) is 0 Å². The largest absolute Gasteiger partial charge is 0.497 e. The quantitative estimate of drug-likeness (QED) is 0.760. The van der Waals surface area contributed by atoms with Crippen molar-refractivity contribution in [3.8, 4) is 5.75 Å². The van der Waals surface area contributed by atoms with Gasteiger partial charge in [-0.3, -0.25) is 4.72 Å². The zero-order valence-electron chi connectivity index (χ0n) is 15.6. The Bertz CT molecular complexity index is 937. The smallest absolute Gasteiger partial charge is 0.339 e. The summed E-state index contributed by atoms with van der Waals surface area (Å²) in [6.07, 6.45) is 5.53. The Morgan fingerprint density at radius 3 is 2.36 bits per heavy atom. The van der Waals surface area contributed by atoms with Crippen LogP contribution in [0, 0.1) is 0 Å². The van der Waals surface area contributed by atoms with Crippen LogP contribution in [0.4, 0.5) is 11.5 Å². The number of hydrogen-bond acceptors (Lipinski definition) is 6. The van der Waals surface area contributed by atoms with Crippen LogP contribution in [0.2, 0.25) is 0 Å². The molecule has 1 aromatic heterocycles. The number of pyridine rings is 1. The maximum atomic E-state index is 12.6. The SMILES string of the molecule is COc1ccc(S(=O)(=O)Nc2cnc(N3CCCCCC3)c(C(=O)O)c2)cc1. The molecule has 1 saturated heterocycles. The van der Waals surface area contributed by atoms with Crippen LogP contribution in [0.25, 0.3) is 0 Å². The molecule has 0 amide bonds. The number of aromatic nitrogens is 1. The Kier molecular flexibility index (Phi) is 6.03. The van der Waals surface area contributed by atoms with E-state index in [1.807, 2.05) is 4.90 Å². The molecule has 0 unspecified atom stereocenters. The monoisotopic (exact) mass is 405 g/mol. The summed E-state index contributed by atoms with van der Waals surface area (Å²) in [5.74, 6) is -0.227. The van der Waals surface area contributed by atoms with Crippen molar-refractivity contribution in [3.05, 3.63) is 42.1 Å². The first-order chi connectivity index (χ1) is 13.4. The highest BCUT2D eigenvalue weighted by atomic mass is 32.2. The first-order valence-electron chi connectivity index (χ1n) is 9.06. The third-order valence-electron chi connectivity index (χ3n) is 4.62. The van der Waals surface area contributed by atoms with Crippen LogP contribution in [0.1, 0.15) is 36.0 Å². The number of nitrogens with zero attached hydrogens (tertiary/aromatic N) is 2. The summed E-state index contributed by atoms with van der Waals surface area (Å²) < 4.78 is 32.6. The average molecular weight is 405 g/mol. The molecule has 2 N–H and O–H groups in total. The second-order valence-electron chi connectivity index (χ2n) is 6.58. The number of benzene rings is 1. The van der Waals surface area contributed by atoms with Gasteiger partial charge >= 0.3 is 5.97 Å². The van der Waals surface area contributed by atoms with Crippen molar-refractivity contribution >= 4 is 27.5 Å². The zero-order chi connectivity index (χ0) is 20.1. The molecule has 0 atom stereocenters. The van der Waals surface area contributed by atoms with Gasteiger partial charge in [0.25, 0.3) is 10.0 Å². The summed E-state index contributed by atoms with van der Waals surface area (Å²) in [6.45, 7) is 1.48. The van der Waals surface area contributed by atoms with Crippen molar-refractivity contribution in [2.24, 2.45) is 0 Å². The number of carbonyl (C=O) groups is 1. The summed E-state index contributed by atoms with van der Waals surface area (Å²) in [5.41, 5.74) is 0.0867. The van der Waals surface area contributed by atoms with Gasteiger partial charge in [0.05, 0.1) is 23.9 Å². The number of methoxy groups -OCH3 is 1. The Hall–Kier alpha value is -2.81. The number of carboxylic acids is 1. The van der Waals surface area contributed by atoms with Gasteiger partial charge in [-0.05, 0) is 43.2 Å². The fraction of sp³-hybridized carbons (Fsp3) is 0.368. The van der Waals surface area contributed by atoms with Gasteiger partial charge in [0.2, 0.25) is 0 Å². The molecule has 150 valence electrons. The molecule has 9 heteroatoms. The molecular formula is C19H23N3O5S. The van der Waals surface area contributed by atoms with E-state index in [0.717, 1.165) is 38.8 Å². The molecule has 0 radical (unpaired) electrons. The lowest BCUT2D eigenvalue weighted by Crippen LogP contribution is -2.27. The summed E-state index contributed by atoms with van der Waals surface area (Å²) in [5, 5.41) is 9.61. The number of nitrogens with one attached hydrogen (secondary N) is 1. The van der Waals surface area contributed by atoms with Gasteiger partial charge in [-0.2, -0.15) is 0 Å². The topological polar surface area (TPSA) is 109 Å². The maximum absolute atomic E-state index is 12.6. The van der Waals surface area contributed by atoms with Gasteiger partial charge < -0.3 is 14.7 Å². The molecule has 8 nitrogen and oxygen atoms in total. The van der Waals surface area contributed by atoms with Gasteiger partial charge in [-0.1, -0.05) is 12.8 Å².